The standard InChI is InChI=1S/C33H41ClN2O4S.C4H6N2/c1-21-6-4-8-30(39-3)27-12-9-25(27)18-36-19-33(15-5-7-23-16-26(34)11-13-28(23)33)20-40-31-14-10-24(17-29(31)36)32(37)35-41(38)22(21)2;1-2-5-4-6-3-1/h4,8,10-11,13-14,16-17,21-22,25,27,30H,5-7,9,12,15,18-20H2,1-3H3,(H,35,37);1-3,5H,4H2/b8-4+;/t21?,22?,25?,27?,30?,33-,41?;/m0./s1. The van der Waals surface area contributed by atoms with E-state index >= 15 is 0 Å². The van der Waals surface area contributed by atoms with Gasteiger partial charge in [-0.1, -0.05) is 36.7 Å². The normalized spacial score (nSPS) is 32.2. The van der Waals surface area contributed by atoms with E-state index in [1.165, 1.54) is 11.1 Å². The number of methoxy groups -OCH3 is 1. The molecule has 7 atom stereocenters. The van der Waals surface area contributed by atoms with Gasteiger partial charge in [0.05, 0.1) is 23.6 Å². The predicted molar refractivity (Wildman–Crippen MR) is 191 cm³/mol. The van der Waals surface area contributed by atoms with Gasteiger partial charge in [0, 0.05) is 42.4 Å². The largest absolute Gasteiger partial charge is 0.490 e. The lowest BCUT2D eigenvalue weighted by molar-refractivity contribution is 0.0131. The molecule has 2 bridgehead atoms. The highest BCUT2D eigenvalue weighted by molar-refractivity contribution is 7.84. The van der Waals surface area contributed by atoms with Gasteiger partial charge in [-0.25, -0.2) is 4.21 Å². The van der Waals surface area contributed by atoms with Gasteiger partial charge in [0.15, 0.2) is 0 Å². The average molecular weight is 679 g/mol. The monoisotopic (exact) mass is 678 g/mol. The van der Waals surface area contributed by atoms with Gasteiger partial charge in [-0.15, -0.1) is 0 Å². The van der Waals surface area contributed by atoms with E-state index in [9.17, 15) is 9.00 Å². The van der Waals surface area contributed by atoms with Crippen molar-refractivity contribution in [3.05, 3.63) is 82.5 Å². The fourth-order valence-electron chi connectivity index (χ4n) is 7.59. The molecule has 2 N–H and O–H groups in total. The summed E-state index contributed by atoms with van der Waals surface area (Å²) < 4.78 is 28.5. The number of carbonyl (C=O) groups is 1. The molecule has 0 saturated heterocycles. The molecule has 1 saturated carbocycles. The van der Waals surface area contributed by atoms with E-state index in [1.54, 1.807) is 19.4 Å². The van der Waals surface area contributed by atoms with Crippen molar-refractivity contribution < 1.29 is 18.5 Å². The molecule has 252 valence electrons. The van der Waals surface area contributed by atoms with Crippen molar-refractivity contribution in [2.24, 2.45) is 22.7 Å². The molecule has 7 rings (SSSR count). The Morgan fingerprint density at radius 2 is 2.04 bits per heavy atom. The third-order valence-corrected chi connectivity index (χ3v) is 12.4. The van der Waals surface area contributed by atoms with Crippen LogP contribution in [-0.4, -0.2) is 61.2 Å². The lowest BCUT2D eigenvalue weighted by Crippen LogP contribution is -2.49. The summed E-state index contributed by atoms with van der Waals surface area (Å²) in [5.74, 6) is 1.53. The van der Waals surface area contributed by atoms with E-state index in [0.29, 0.717) is 24.0 Å². The van der Waals surface area contributed by atoms with Gasteiger partial charge >= 0.3 is 0 Å². The zero-order valence-electron chi connectivity index (χ0n) is 27.6. The summed E-state index contributed by atoms with van der Waals surface area (Å²) in [4.78, 5) is 19.7. The third kappa shape index (κ3) is 7.47. The van der Waals surface area contributed by atoms with Crippen molar-refractivity contribution in [1.29, 1.82) is 0 Å². The number of hydrogen-bond acceptors (Lipinski definition) is 7. The summed E-state index contributed by atoms with van der Waals surface area (Å²) in [7, 11) is 0.305. The van der Waals surface area contributed by atoms with Crippen LogP contribution in [0, 0.1) is 17.8 Å². The first-order chi connectivity index (χ1) is 22.8. The number of benzene rings is 2. The maximum Gasteiger partial charge on any atom is 0.263 e. The molecule has 1 amide bonds. The first kappa shape index (κ1) is 33.7. The van der Waals surface area contributed by atoms with Crippen molar-refractivity contribution in [1.82, 2.24) is 10.0 Å². The minimum absolute atomic E-state index is 0.0508. The number of aliphatic imine (C=N–C) groups is 1. The van der Waals surface area contributed by atoms with Crippen LogP contribution in [0.3, 0.4) is 0 Å². The fraction of sp³-hybridized carbons (Fsp3) is 0.514. The van der Waals surface area contributed by atoms with E-state index in [1.807, 2.05) is 37.4 Å². The molecular weight excluding hydrogens is 632 g/mol. The highest BCUT2D eigenvalue weighted by atomic mass is 35.5. The lowest BCUT2D eigenvalue weighted by Gasteiger charge is -2.46. The number of nitrogens with one attached hydrogen (secondary N) is 2. The van der Waals surface area contributed by atoms with E-state index in [4.69, 9.17) is 21.1 Å². The number of halogens is 1. The molecule has 0 radical (unpaired) electrons. The van der Waals surface area contributed by atoms with Crippen molar-refractivity contribution in [3.63, 3.8) is 0 Å². The molecular formula is C37H47ClN4O4S. The number of aryl methyl sites for hydroxylation is 1. The van der Waals surface area contributed by atoms with E-state index < -0.39 is 11.0 Å². The summed E-state index contributed by atoms with van der Waals surface area (Å²) in [5.41, 5.74) is 3.90. The molecule has 0 aromatic heterocycles. The first-order valence-electron chi connectivity index (χ1n) is 16.9. The van der Waals surface area contributed by atoms with Gasteiger partial charge in [-0.2, -0.15) is 0 Å². The minimum Gasteiger partial charge on any atom is -0.490 e. The Balaban J connectivity index is 0.000000580. The molecule has 8 nitrogen and oxygen atoms in total. The highest BCUT2D eigenvalue weighted by Gasteiger charge is 2.44. The molecule has 5 aliphatic rings. The Hall–Kier alpha value is -3.14. The average Bonchev–Trinajstić information content (AvgIpc) is 3.23. The lowest BCUT2D eigenvalue weighted by atomic mass is 9.68. The van der Waals surface area contributed by atoms with Crippen molar-refractivity contribution in [2.45, 2.75) is 69.1 Å². The summed E-state index contributed by atoms with van der Waals surface area (Å²) in [6.07, 6.45) is 16.1. The number of rotatable bonds is 1. The molecule has 2 aliphatic carbocycles. The Kier molecular flexibility index (Phi) is 10.7. The Morgan fingerprint density at radius 1 is 1.17 bits per heavy atom. The molecule has 3 aliphatic heterocycles. The molecule has 6 unspecified atom stereocenters. The van der Waals surface area contributed by atoms with Crippen molar-refractivity contribution in [2.75, 3.05) is 38.4 Å². The van der Waals surface area contributed by atoms with Crippen LogP contribution in [0.1, 0.15) is 67.4 Å². The zero-order chi connectivity index (χ0) is 33.0. The minimum atomic E-state index is -1.50. The van der Waals surface area contributed by atoms with Gasteiger partial charge in [-0.05, 0) is 117 Å². The van der Waals surface area contributed by atoms with Gasteiger partial charge in [0.1, 0.15) is 23.4 Å². The van der Waals surface area contributed by atoms with Crippen LogP contribution < -0.4 is 19.7 Å². The number of carbonyl (C=O) groups excluding carboxylic acids is 1. The van der Waals surface area contributed by atoms with Gasteiger partial charge in [0.25, 0.3) is 5.91 Å². The van der Waals surface area contributed by atoms with Crippen LogP contribution in [0.25, 0.3) is 0 Å². The molecule has 2 aromatic carbocycles. The Morgan fingerprint density at radius 3 is 2.74 bits per heavy atom. The maximum atomic E-state index is 13.3. The molecule has 1 fully saturated rings. The van der Waals surface area contributed by atoms with Gasteiger partial charge in [0.2, 0.25) is 0 Å². The van der Waals surface area contributed by atoms with E-state index in [2.05, 4.69) is 51.1 Å². The predicted octanol–water partition coefficient (Wildman–Crippen LogP) is 6.36. The number of ether oxygens (including phenoxy) is 2. The Labute approximate surface area is 286 Å². The summed E-state index contributed by atoms with van der Waals surface area (Å²) in [6, 6.07) is 12.0. The van der Waals surface area contributed by atoms with Gasteiger partial charge in [-0.3, -0.25) is 14.5 Å². The smallest absolute Gasteiger partial charge is 0.263 e. The molecule has 1 spiro atoms. The topological polar surface area (TPSA) is 92.3 Å². The van der Waals surface area contributed by atoms with Crippen molar-refractivity contribution >= 4 is 40.4 Å². The van der Waals surface area contributed by atoms with Gasteiger partial charge < -0.3 is 19.7 Å². The van der Waals surface area contributed by atoms with Crippen LogP contribution >= 0.6 is 11.6 Å². The summed E-state index contributed by atoms with van der Waals surface area (Å²) in [5, 5.41) is 3.49. The second-order valence-electron chi connectivity index (χ2n) is 13.6. The number of allylic oxidation sites excluding steroid dienone is 2. The summed E-state index contributed by atoms with van der Waals surface area (Å²) in [6.45, 7) is 7.00. The first-order valence-corrected chi connectivity index (χ1v) is 18.5. The number of anilines is 1. The van der Waals surface area contributed by atoms with Crippen LogP contribution in [0.2, 0.25) is 5.02 Å². The van der Waals surface area contributed by atoms with Crippen LogP contribution in [-0.2, 0) is 27.6 Å². The number of amides is 1. The van der Waals surface area contributed by atoms with Crippen LogP contribution in [0.15, 0.2) is 65.8 Å². The van der Waals surface area contributed by atoms with Crippen LogP contribution in [0.4, 0.5) is 5.69 Å². The van der Waals surface area contributed by atoms with E-state index in [0.717, 1.165) is 74.7 Å². The highest BCUT2D eigenvalue weighted by Crippen LogP contribution is 2.47. The second-order valence-corrected chi connectivity index (χ2v) is 15.6. The van der Waals surface area contributed by atoms with E-state index in [-0.39, 0.29) is 28.6 Å². The zero-order valence-corrected chi connectivity index (χ0v) is 29.2. The molecule has 47 heavy (non-hydrogen) atoms. The number of fused-ring (bicyclic) bond motifs is 4. The summed E-state index contributed by atoms with van der Waals surface area (Å²) >= 11 is 6.41. The number of nitrogens with zero attached hydrogens (tertiary/aromatic N) is 2. The van der Waals surface area contributed by atoms with Crippen molar-refractivity contribution in [3.8, 4) is 5.75 Å². The second kappa shape index (κ2) is 15.0. The maximum absolute atomic E-state index is 13.3. The fourth-order valence-corrected chi connectivity index (χ4v) is 8.81. The third-order valence-electron chi connectivity index (χ3n) is 10.7. The van der Waals surface area contributed by atoms with Crippen LogP contribution in [0.5, 0.6) is 5.75 Å². The Bertz CT molecular complexity index is 1550. The SMILES string of the molecule is C1=CNCN=C1.COC1/C=C/CC(C)C(C)S(=O)NC(=O)c2ccc3c(c2)N(CC2CCC21)C[C@@]1(CCCc2cc(Cl)ccc21)CO3. The number of hydrogen-bond donors (Lipinski definition) is 2. The molecule has 2 aromatic rings. The molecule has 10 heteroatoms. The quantitative estimate of drug-likeness (QED) is 0.341. The molecule has 3 heterocycles.